The second kappa shape index (κ2) is 6.90. The van der Waals surface area contributed by atoms with Gasteiger partial charge in [0.15, 0.2) is 0 Å². The lowest BCUT2D eigenvalue weighted by Gasteiger charge is -2.07. The Labute approximate surface area is 165 Å². The molecule has 0 saturated heterocycles. The summed E-state index contributed by atoms with van der Waals surface area (Å²) in [5.74, 6) is -0.841. The van der Waals surface area contributed by atoms with E-state index in [1.54, 1.807) is 48.1 Å². The van der Waals surface area contributed by atoms with E-state index < -0.39 is 5.97 Å². The molecule has 0 aliphatic heterocycles. The van der Waals surface area contributed by atoms with E-state index in [2.05, 4.69) is 15.0 Å². The standard InChI is InChI=1S/C21H18N4O4/c1-12-4-9-17-23-18-15(20(27)25(17)11-12)10-16(24(18)2)19(26)22-14-7-5-13(6-8-14)21(28)29-3/h4-11H,1-3H3,(H,22,26). The van der Waals surface area contributed by atoms with Gasteiger partial charge in [-0.15, -0.1) is 0 Å². The number of benzene rings is 1. The summed E-state index contributed by atoms with van der Waals surface area (Å²) in [6.07, 6.45) is 1.72. The van der Waals surface area contributed by atoms with Crippen molar-refractivity contribution in [3.05, 3.63) is 75.8 Å². The number of fused-ring (bicyclic) bond motifs is 2. The lowest BCUT2D eigenvalue weighted by Crippen LogP contribution is -2.16. The summed E-state index contributed by atoms with van der Waals surface area (Å²) in [5.41, 5.74) is 2.85. The van der Waals surface area contributed by atoms with Crippen LogP contribution in [-0.4, -0.2) is 32.9 Å². The summed E-state index contributed by atoms with van der Waals surface area (Å²) < 4.78 is 7.73. The second-order valence-corrected chi connectivity index (χ2v) is 6.70. The zero-order chi connectivity index (χ0) is 20.7. The number of pyridine rings is 1. The van der Waals surface area contributed by atoms with Crippen LogP contribution in [0.1, 0.15) is 26.4 Å². The van der Waals surface area contributed by atoms with E-state index in [1.165, 1.54) is 17.6 Å². The van der Waals surface area contributed by atoms with Crippen molar-refractivity contribution in [3.8, 4) is 0 Å². The van der Waals surface area contributed by atoms with Crippen LogP contribution in [0.3, 0.4) is 0 Å². The van der Waals surface area contributed by atoms with Crippen LogP contribution in [0.4, 0.5) is 5.69 Å². The molecule has 0 atom stereocenters. The number of methoxy groups -OCH3 is 1. The van der Waals surface area contributed by atoms with Crippen LogP contribution in [0.2, 0.25) is 0 Å². The highest BCUT2D eigenvalue weighted by molar-refractivity contribution is 6.06. The summed E-state index contributed by atoms with van der Waals surface area (Å²) in [6, 6.07) is 11.5. The van der Waals surface area contributed by atoms with Gasteiger partial charge in [-0.2, -0.15) is 0 Å². The predicted molar refractivity (Wildman–Crippen MR) is 108 cm³/mol. The first-order valence-electron chi connectivity index (χ1n) is 8.87. The number of rotatable bonds is 3. The summed E-state index contributed by atoms with van der Waals surface area (Å²) in [6.45, 7) is 1.89. The van der Waals surface area contributed by atoms with Gasteiger partial charge in [0.1, 0.15) is 17.0 Å². The number of anilines is 1. The first-order chi connectivity index (χ1) is 13.9. The van der Waals surface area contributed by atoms with Gasteiger partial charge < -0.3 is 14.6 Å². The minimum atomic E-state index is -0.453. The highest BCUT2D eigenvalue weighted by Crippen LogP contribution is 2.17. The van der Waals surface area contributed by atoms with Crippen molar-refractivity contribution in [2.45, 2.75) is 6.92 Å². The normalized spacial score (nSPS) is 11.0. The number of nitrogens with one attached hydrogen (secondary N) is 1. The van der Waals surface area contributed by atoms with Gasteiger partial charge in [-0.1, -0.05) is 6.07 Å². The maximum Gasteiger partial charge on any atom is 0.337 e. The van der Waals surface area contributed by atoms with E-state index in [9.17, 15) is 14.4 Å². The van der Waals surface area contributed by atoms with Gasteiger partial charge in [0.05, 0.1) is 18.1 Å². The van der Waals surface area contributed by atoms with Crippen molar-refractivity contribution in [2.75, 3.05) is 12.4 Å². The minimum Gasteiger partial charge on any atom is -0.465 e. The Balaban J connectivity index is 1.72. The lowest BCUT2D eigenvalue weighted by atomic mass is 10.2. The second-order valence-electron chi connectivity index (χ2n) is 6.70. The van der Waals surface area contributed by atoms with Gasteiger partial charge in [-0.05, 0) is 48.9 Å². The third kappa shape index (κ3) is 3.14. The first-order valence-corrected chi connectivity index (χ1v) is 8.87. The van der Waals surface area contributed by atoms with Crippen LogP contribution < -0.4 is 10.9 Å². The number of aryl methyl sites for hydroxylation is 2. The average Bonchev–Trinajstić information content (AvgIpc) is 3.05. The van der Waals surface area contributed by atoms with Gasteiger partial charge in [0.25, 0.3) is 11.5 Å². The molecule has 29 heavy (non-hydrogen) atoms. The number of nitrogens with zero attached hydrogens (tertiary/aromatic N) is 3. The van der Waals surface area contributed by atoms with Crippen LogP contribution in [0.5, 0.6) is 0 Å². The minimum absolute atomic E-state index is 0.231. The fraction of sp³-hybridized carbons (Fsp3) is 0.143. The summed E-state index contributed by atoms with van der Waals surface area (Å²) in [7, 11) is 2.99. The monoisotopic (exact) mass is 390 g/mol. The molecule has 1 N–H and O–H groups in total. The molecule has 1 aromatic carbocycles. The third-order valence-electron chi connectivity index (χ3n) is 4.74. The van der Waals surface area contributed by atoms with E-state index in [-0.39, 0.29) is 11.5 Å². The van der Waals surface area contributed by atoms with E-state index in [1.807, 2.05) is 13.0 Å². The number of amides is 1. The van der Waals surface area contributed by atoms with Crippen molar-refractivity contribution in [1.29, 1.82) is 0 Å². The Hall–Kier alpha value is -3.94. The molecule has 0 bridgehead atoms. The molecule has 8 nitrogen and oxygen atoms in total. The molecule has 0 radical (unpaired) electrons. The zero-order valence-corrected chi connectivity index (χ0v) is 16.1. The van der Waals surface area contributed by atoms with E-state index in [0.717, 1.165) is 5.56 Å². The number of carbonyl (C=O) groups excluding carboxylic acids is 2. The molecule has 4 aromatic rings. The molecule has 0 aliphatic rings. The molecule has 0 unspecified atom stereocenters. The highest BCUT2D eigenvalue weighted by Gasteiger charge is 2.18. The average molecular weight is 390 g/mol. The number of hydrogen-bond acceptors (Lipinski definition) is 5. The smallest absolute Gasteiger partial charge is 0.337 e. The fourth-order valence-corrected chi connectivity index (χ4v) is 3.20. The fourth-order valence-electron chi connectivity index (χ4n) is 3.20. The number of aromatic nitrogens is 3. The van der Waals surface area contributed by atoms with Crippen molar-refractivity contribution in [2.24, 2.45) is 7.05 Å². The van der Waals surface area contributed by atoms with Gasteiger partial charge in [0, 0.05) is 18.9 Å². The van der Waals surface area contributed by atoms with Gasteiger partial charge in [-0.3, -0.25) is 14.0 Å². The Kier molecular flexibility index (Phi) is 4.38. The Morgan fingerprint density at radius 1 is 1.10 bits per heavy atom. The molecule has 0 fully saturated rings. The Bertz CT molecular complexity index is 1330. The topological polar surface area (TPSA) is 94.7 Å². The number of hydrogen-bond donors (Lipinski definition) is 1. The van der Waals surface area contributed by atoms with E-state index in [4.69, 9.17) is 0 Å². The van der Waals surface area contributed by atoms with Crippen LogP contribution >= 0.6 is 0 Å². The quantitative estimate of drug-likeness (QED) is 0.543. The maximum absolute atomic E-state index is 12.9. The molecule has 3 aromatic heterocycles. The summed E-state index contributed by atoms with van der Waals surface area (Å²) >= 11 is 0. The Morgan fingerprint density at radius 3 is 2.52 bits per heavy atom. The molecule has 146 valence electrons. The largest absolute Gasteiger partial charge is 0.465 e. The van der Waals surface area contributed by atoms with Crippen molar-refractivity contribution in [1.82, 2.24) is 14.0 Å². The predicted octanol–water partition coefficient (Wildman–Crippen LogP) is 2.53. The lowest BCUT2D eigenvalue weighted by molar-refractivity contribution is 0.0600. The molecule has 4 rings (SSSR count). The maximum atomic E-state index is 12.9. The number of esters is 1. The van der Waals surface area contributed by atoms with Gasteiger partial charge >= 0.3 is 5.97 Å². The van der Waals surface area contributed by atoms with E-state index in [0.29, 0.717) is 33.6 Å². The van der Waals surface area contributed by atoms with Gasteiger partial charge in [-0.25, -0.2) is 9.78 Å². The van der Waals surface area contributed by atoms with Gasteiger partial charge in [0.2, 0.25) is 0 Å². The van der Waals surface area contributed by atoms with Crippen molar-refractivity contribution < 1.29 is 14.3 Å². The SMILES string of the molecule is COC(=O)c1ccc(NC(=O)c2cc3c(=O)n4cc(C)ccc4nc3n2C)cc1. The molecule has 0 aliphatic carbocycles. The number of ether oxygens (including phenoxy) is 1. The Morgan fingerprint density at radius 2 is 1.83 bits per heavy atom. The van der Waals surface area contributed by atoms with Crippen LogP contribution in [0.15, 0.2) is 53.5 Å². The molecular weight excluding hydrogens is 372 g/mol. The van der Waals surface area contributed by atoms with E-state index >= 15 is 0 Å². The number of carbonyl (C=O) groups is 2. The highest BCUT2D eigenvalue weighted by atomic mass is 16.5. The molecular formula is C21H18N4O4. The molecule has 0 saturated carbocycles. The molecule has 0 spiro atoms. The zero-order valence-electron chi connectivity index (χ0n) is 16.1. The summed E-state index contributed by atoms with van der Waals surface area (Å²) in [5, 5.41) is 3.13. The summed E-state index contributed by atoms with van der Waals surface area (Å²) in [4.78, 5) is 41.7. The van der Waals surface area contributed by atoms with Crippen LogP contribution in [-0.2, 0) is 11.8 Å². The molecule has 3 heterocycles. The first kappa shape index (κ1) is 18.4. The van der Waals surface area contributed by atoms with Crippen LogP contribution in [0.25, 0.3) is 16.7 Å². The molecule has 1 amide bonds. The van der Waals surface area contributed by atoms with Crippen molar-refractivity contribution >= 4 is 34.2 Å². The molecule has 8 heteroatoms. The van der Waals surface area contributed by atoms with Crippen molar-refractivity contribution in [3.63, 3.8) is 0 Å². The third-order valence-corrected chi connectivity index (χ3v) is 4.74. The van der Waals surface area contributed by atoms with Crippen LogP contribution in [0, 0.1) is 6.92 Å².